The van der Waals surface area contributed by atoms with Crippen molar-refractivity contribution >= 4 is 23.2 Å². The Morgan fingerprint density at radius 3 is 2.47 bits per heavy atom. The van der Waals surface area contributed by atoms with E-state index < -0.39 is 11.8 Å². The van der Waals surface area contributed by atoms with Crippen molar-refractivity contribution < 1.29 is 19.5 Å². The molecule has 1 rings (SSSR count). The van der Waals surface area contributed by atoms with Crippen LogP contribution in [0, 0.1) is 0 Å². The molecule has 1 aromatic rings. The smallest absolute Gasteiger partial charge is 0.372 e. The summed E-state index contributed by atoms with van der Waals surface area (Å²) in [5.41, 5.74) is 6.25. The van der Waals surface area contributed by atoms with Gasteiger partial charge >= 0.3 is 5.97 Å². The van der Waals surface area contributed by atoms with Crippen LogP contribution in [0.2, 0.25) is 0 Å². The van der Waals surface area contributed by atoms with Crippen LogP contribution in [0.25, 0.3) is 0 Å². The minimum Gasteiger partial charge on any atom is -0.475 e. The van der Waals surface area contributed by atoms with Crippen LogP contribution >= 0.6 is 0 Å². The Bertz CT molecular complexity index is 491. The van der Waals surface area contributed by atoms with E-state index in [2.05, 4.69) is 0 Å². The van der Waals surface area contributed by atoms with Gasteiger partial charge in [0.1, 0.15) is 0 Å². The Kier molecular flexibility index (Phi) is 4.16. The molecule has 0 fully saturated rings. The number of carbonyl (C=O) groups excluding carboxylic acids is 2. The molecule has 88 valence electrons. The summed E-state index contributed by atoms with van der Waals surface area (Å²) in [5, 5.41) is 8.32. The first-order valence-corrected chi connectivity index (χ1v) is 4.84. The van der Waals surface area contributed by atoms with Gasteiger partial charge in [-0.2, -0.15) is 0 Å². The molecule has 0 saturated carbocycles. The Balaban J connectivity index is 2.68. The lowest BCUT2D eigenvalue weighted by molar-refractivity contribution is -0.148. The SMILES string of the molecule is Nc1ccccc1C(=O)/C=C/CC(=O)C(=O)O. The van der Waals surface area contributed by atoms with Crippen molar-refractivity contribution in [2.75, 3.05) is 5.73 Å². The van der Waals surface area contributed by atoms with E-state index in [-0.39, 0.29) is 12.2 Å². The maximum atomic E-state index is 11.6. The van der Waals surface area contributed by atoms with E-state index in [9.17, 15) is 14.4 Å². The first-order valence-electron chi connectivity index (χ1n) is 4.84. The molecule has 0 spiro atoms. The third kappa shape index (κ3) is 3.57. The lowest BCUT2D eigenvalue weighted by Crippen LogP contribution is -2.10. The van der Waals surface area contributed by atoms with E-state index in [0.717, 1.165) is 6.08 Å². The molecule has 0 aliphatic heterocycles. The highest BCUT2D eigenvalue weighted by Gasteiger charge is 2.09. The number of carboxylic acid groups (broad SMARTS) is 1. The fourth-order valence-electron chi connectivity index (χ4n) is 1.17. The largest absolute Gasteiger partial charge is 0.475 e. The molecule has 0 heterocycles. The zero-order valence-electron chi connectivity index (χ0n) is 8.92. The second-order valence-corrected chi connectivity index (χ2v) is 3.29. The molecule has 0 aliphatic rings. The number of ketones is 2. The van der Waals surface area contributed by atoms with Crippen LogP contribution in [0.15, 0.2) is 36.4 Å². The predicted molar refractivity (Wildman–Crippen MR) is 61.6 cm³/mol. The molecule has 0 unspecified atom stereocenters. The number of para-hydroxylation sites is 1. The van der Waals surface area contributed by atoms with Crippen LogP contribution in [0.3, 0.4) is 0 Å². The van der Waals surface area contributed by atoms with Gasteiger partial charge in [-0.3, -0.25) is 9.59 Å². The van der Waals surface area contributed by atoms with Crippen LogP contribution in [0.5, 0.6) is 0 Å². The summed E-state index contributed by atoms with van der Waals surface area (Å²) in [6.45, 7) is 0. The number of anilines is 1. The number of hydrogen-bond acceptors (Lipinski definition) is 4. The molecule has 0 atom stereocenters. The third-order valence-corrected chi connectivity index (χ3v) is 2.04. The normalized spacial score (nSPS) is 10.4. The molecule has 17 heavy (non-hydrogen) atoms. The number of aliphatic carboxylic acids is 1. The summed E-state index contributed by atoms with van der Waals surface area (Å²) in [6, 6.07) is 6.51. The van der Waals surface area contributed by atoms with Gasteiger partial charge in [0, 0.05) is 17.7 Å². The summed E-state index contributed by atoms with van der Waals surface area (Å²) >= 11 is 0. The summed E-state index contributed by atoms with van der Waals surface area (Å²) in [7, 11) is 0. The van der Waals surface area contributed by atoms with Crippen molar-refractivity contribution in [3.05, 3.63) is 42.0 Å². The van der Waals surface area contributed by atoms with Crippen LogP contribution in [-0.2, 0) is 9.59 Å². The predicted octanol–water partition coefficient (Wildman–Crippen LogP) is 1.05. The Morgan fingerprint density at radius 2 is 1.88 bits per heavy atom. The second kappa shape index (κ2) is 5.60. The number of hydrogen-bond donors (Lipinski definition) is 2. The standard InChI is InChI=1S/C12H11NO4/c13-9-5-2-1-4-8(9)10(14)6-3-7-11(15)12(16)17/h1-6H,7,13H2,(H,16,17)/b6-3+. The van der Waals surface area contributed by atoms with Crippen molar-refractivity contribution in [2.24, 2.45) is 0 Å². The van der Waals surface area contributed by atoms with Crippen LogP contribution in [0.1, 0.15) is 16.8 Å². The molecule has 0 amide bonds. The molecule has 3 N–H and O–H groups in total. The van der Waals surface area contributed by atoms with Gasteiger partial charge in [-0.1, -0.05) is 18.2 Å². The second-order valence-electron chi connectivity index (χ2n) is 3.29. The highest BCUT2D eigenvalue weighted by atomic mass is 16.4. The van der Waals surface area contributed by atoms with E-state index >= 15 is 0 Å². The van der Waals surface area contributed by atoms with Gasteiger partial charge in [0.2, 0.25) is 5.78 Å². The molecular formula is C12H11NO4. The van der Waals surface area contributed by atoms with E-state index in [1.165, 1.54) is 6.08 Å². The minimum atomic E-state index is -1.51. The monoisotopic (exact) mass is 233 g/mol. The molecule has 5 heteroatoms. The van der Waals surface area contributed by atoms with E-state index in [1.807, 2.05) is 0 Å². The number of rotatable bonds is 5. The number of nitrogen functional groups attached to an aromatic ring is 1. The van der Waals surface area contributed by atoms with E-state index in [0.29, 0.717) is 11.3 Å². The van der Waals surface area contributed by atoms with Gasteiger partial charge < -0.3 is 10.8 Å². The first kappa shape index (κ1) is 12.6. The van der Waals surface area contributed by atoms with E-state index in [1.54, 1.807) is 24.3 Å². The maximum Gasteiger partial charge on any atom is 0.372 e. The quantitative estimate of drug-likeness (QED) is 0.343. The Hall–Kier alpha value is -2.43. The summed E-state index contributed by atoms with van der Waals surface area (Å²) in [4.78, 5) is 32.5. The average molecular weight is 233 g/mol. The van der Waals surface area contributed by atoms with Crippen molar-refractivity contribution in [1.82, 2.24) is 0 Å². The van der Waals surface area contributed by atoms with Crippen molar-refractivity contribution in [3.8, 4) is 0 Å². The molecule has 5 nitrogen and oxygen atoms in total. The number of Topliss-reactive ketones (excluding diaryl/α,β-unsaturated/α-hetero) is 1. The molecule has 1 aromatic carbocycles. The van der Waals surface area contributed by atoms with Gasteiger partial charge in [0.05, 0.1) is 0 Å². The molecule has 0 bridgehead atoms. The summed E-state index contributed by atoms with van der Waals surface area (Å²) < 4.78 is 0. The first-order chi connectivity index (χ1) is 8.02. The third-order valence-electron chi connectivity index (χ3n) is 2.04. The fourth-order valence-corrected chi connectivity index (χ4v) is 1.17. The zero-order valence-corrected chi connectivity index (χ0v) is 8.92. The molecule has 0 radical (unpaired) electrons. The van der Waals surface area contributed by atoms with Crippen LogP contribution in [-0.4, -0.2) is 22.6 Å². The highest BCUT2D eigenvalue weighted by Crippen LogP contribution is 2.11. The maximum absolute atomic E-state index is 11.6. The van der Waals surface area contributed by atoms with Crippen LogP contribution < -0.4 is 5.73 Å². The van der Waals surface area contributed by atoms with Gasteiger partial charge in [-0.05, 0) is 18.2 Å². The summed E-state index contributed by atoms with van der Waals surface area (Å²) in [5.74, 6) is -2.84. The lowest BCUT2D eigenvalue weighted by atomic mass is 10.1. The topological polar surface area (TPSA) is 97.5 Å². The summed E-state index contributed by atoms with van der Waals surface area (Å²) in [6.07, 6.45) is 2.05. The van der Waals surface area contributed by atoms with Crippen molar-refractivity contribution in [2.45, 2.75) is 6.42 Å². The van der Waals surface area contributed by atoms with Crippen molar-refractivity contribution in [1.29, 1.82) is 0 Å². The average Bonchev–Trinajstić information content (AvgIpc) is 2.29. The van der Waals surface area contributed by atoms with Crippen molar-refractivity contribution in [3.63, 3.8) is 0 Å². The van der Waals surface area contributed by atoms with Gasteiger partial charge in [0.15, 0.2) is 5.78 Å². The highest BCUT2D eigenvalue weighted by molar-refractivity contribution is 6.33. The number of nitrogens with two attached hydrogens (primary N) is 1. The van der Waals surface area contributed by atoms with Crippen LogP contribution in [0.4, 0.5) is 5.69 Å². The lowest BCUT2D eigenvalue weighted by Gasteiger charge is -1.99. The number of allylic oxidation sites excluding steroid dienone is 2. The Morgan fingerprint density at radius 1 is 1.24 bits per heavy atom. The van der Waals surface area contributed by atoms with Gasteiger partial charge in [0.25, 0.3) is 0 Å². The fraction of sp³-hybridized carbons (Fsp3) is 0.0833. The molecule has 0 saturated heterocycles. The van der Waals surface area contributed by atoms with Gasteiger partial charge in [-0.15, -0.1) is 0 Å². The zero-order chi connectivity index (χ0) is 12.8. The molecule has 0 aliphatic carbocycles. The van der Waals surface area contributed by atoms with Gasteiger partial charge in [-0.25, -0.2) is 4.79 Å². The number of carboxylic acids is 1. The minimum absolute atomic E-state index is 0.312. The molecule has 0 aromatic heterocycles. The molecular weight excluding hydrogens is 222 g/mol. The number of carbonyl (C=O) groups is 3. The number of benzene rings is 1. The van der Waals surface area contributed by atoms with E-state index in [4.69, 9.17) is 10.8 Å². The Labute approximate surface area is 97.6 Å².